The molecule has 1 saturated carbocycles. The van der Waals surface area contributed by atoms with Gasteiger partial charge in [-0.15, -0.1) is 0 Å². The Labute approximate surface area is 92.4 Å². The molecule has 1 aromatic carbocycles. The van der Waals surface area contributed by atoms with Gasteiger partial charge in [0.2, 0.25) is 0 Å². The first-order valence-electron chi connectivity index (χ1n) is 5.08. The Bertz CT molecular complexity index is 416. The van der Waals surface area contributed by atoms with Crippen LogP contribution in [0.15, 0.2) is 18.2 Å². The fourth-order valence-electron chi connectivity index (χ4n) is 1.68. The van der Waals surface area contributed by atoms with Crippen LogP contribution in [0.25, 0.3) is 0 Å². The Morgan fingerprint density at radius 2 is 2.12 bits per heavy atom. The van der Waals surface area contributed by atoms with Crippen LogP contribution in [-0.2, 0) is 0 Å². The van der Waals surface area contributed by atoms with Crippen LogP contribution >= 0.6 is 0 Å². The average molecular weight is 224 g/mol. The van der Waals surface area contributed by atoms with Gasteiger partial charge in [-0.1, -0.05) is 0 Å². The molecule has 0 bridgehead atoms. The van der Waals surface area contributed by atoms with Crippen molar-refractivity contribution in [3.8, 4) is 5.75 Å². The monoisotopic (exact) mass is 224 g/mol. The number of amides is 1. The molecular formula is C11H13FN2O2. The van der Waals surface area contributed by atoms with Gasteiger partial charge in [0.1, 0.15) is 17.7 Å². The number of hydrogen-bond donors (Lipinski definition) is 2. The minimum atomic E-state index is -0.696. The van der Waals surface area contributed by atoms with Gasteiger partial charge >= 0.3 is 0 Å². The van der Waals surface area contributed by atoms with Crippen molar-refractivity contribution >= 4 is 5.91 Å². The molecule has 1 aliphatic rings. The normalized spacial score (nSPS) is 23.6. The summed E-state index contributed by atoms with van der Waals surface area (Å²) >= 11 is 0. The van der Waals surface area contributed by atoms with Gasteiger partial charge in [-0.2, -0.15) is 0 Å². The highest BCUT2D eigenvalue weighted by Crippen LogP contribution is 2.27. The predicted molar refractivity (Wildman–Crippen MR) is 56.5 cm³/mol. The third kappa shape index (κ3) is 2.14. The van der Waals surface area contributed by atoms with Gasteiger partial charge in [0.15, 0.2) is 0 Å². The second-order valence-electron chi connectivity index (χ2n) is 3.98. The molecule has 4 N–H and O–H groups in total. The van der Waals surface area contributed by atoms with Crippen LogP contribution < -0.4 is 16.2 Å². The Hall–Kier alpha value is -1.62. The van der Waals surface area contributed by atoms with E-state index in [9.17, 15) is 9.18 Å². The zero-order chi connectivity index (χ0) is 11.7. The van der Waals surface area contributed by atoms with E-state index in [4.69, 9.17) is 16.2 Å². The van der Waals surface area contributed by atoms with Crippen molar-refractivity contribution in [1.82, 2.24) is 0 Å². The summed E-state index contributed by atoms with van der Waals surface area (Å²) in [6, 6.07) is 3.89. The summed E-state index contributed by atoms with van der Waals surface area (Å²) in [5.74, 6) is -0.879. The van der Waals surface area contributed by atoms with Gasteiger partial charge < -0.3 is 16.2 Å². The van der Waals surface area contributed by atoms with Crippen LogP contribution in [0.5, 0.6) is 5.75 Å². The third-order valence-corrected chi connectivity index (χ3v) is 2.63. The van der Waals surface area contributed by atoms with Crippen LogP contribution in [0.3, 0.4) is 0 Å². The van der Waals surface area contributed by atoms with Gasteiger partial charge in [0, 0.05) is 6.04 Å². The van der Waals surface area contributed by atoms with Crippen LogP contribution in [0.4, 0.5) is 4.39 Å². The maximum absolute atomic E-state index is 12.9. The number of hydrogen-bond acceptors (Lipinski definition) is 3. The minimum Gasteiger partial charge on any atom is -0.489 e. The van der Waals surface area contributed by atoms with E-state index in [-0.39, 0.29) is 17.7 Å². The standard InChI is InChI=1S/C11H13FN2O2/c12-6-1-2-10(9(3-6)11(14)15)16-8-4-7(13)5-8/h1-3,7-8H,4-5,13H2,(H2,14,15). The molecule has 0 aliphatic heterocycles. The summed E-state index contributed by atoms with van der Waals surface area (Å²) in [6.07, 6.45) is 1.49. The van der Waals surface area contributed by atoms with E-state index in [0.29, 0.717) is 5.75 Å². The molecule has 16 heavy (non-hydrogen) atoms. The molecule has 2 rings (SSSR count). The lowest BCUT2D eigenvalue weighted by molar-refractivity contribution is 0.0926. The number of nitrogens with two attached hydrogens (primary N) is 2. The number of benzene rings is 1. The van der Waals surface area contributed by atoms with Crippen LogP contribution in [0.2, 0.25) is 0 Å². The molecule has 5 heteroatoms. The van der Waals surface area contributed by atoms with Crippen LogP contribution in [-0.4, -0.2) is 18.1 Å². The van der Waals surface area contributed by atoms with Crippen molar-refractivity contribution in [2.45, 2.75) is 25.0 Å². The second kappa shape index (κ2) is 4.09. The summed E-state index contributed by atoms with van der Waals surface area (Å²) in [4.78, 5) is 11.1. The van der Waals surface area contributed by atoms with Gasteiger partial charge in [-0.05, 0) is 31.0 Å². The number of halogens is 1. The number of primary amides is 1. The van der Waals surface area contributed by atoms with E-state index in [1.807, 2.05) is 0 Å². The van der Waals surface area contributed by atoms with Crippen molar-refractivity contribution in [2.24, 2.45) is 11.5 Å². The quantitative estimate of drug-likeness (QED) is 0.796. The number of carbonyl (C=O) groups is 1. The Morgan fingerprint density at radius 1 is 1.44 bits per heavy atom. The van der Waals surface area contributed by atoms with E-state index >= 15 is 0 Å². The molecule has 1 aromatic rings. The van der Waals surface area contributed by atoms with Crippen LogP contribution in [0.1, 0.15) is 23.2 Å². The van der Waals surface area contributed by atoms with E-state index in [1.165, 1.54) is 12.1 Å². The highest BCUT2D eigenvalue weighted by Gasteiger charge is 2.28. The zero-order valence-electron chi connectivity index (χ0n) is 8.65. The molecule has 0 aromatic heterocycles. The largest absolute Gasteiger partial charge is 0.489 e. The average Bonchev–Trinajstić information content (AvgIpc) is 2.17. The topological polar surface area (TPSA) is 78.3 Å². The molecule has 4 nitrogen and oxygen atoms in total. The van der Waals surface area contributed by atoms with Crippen molar-refractivity contribution in [2.75, 3.05) is 0 Å². The summed E-state index contributed by atoms with van der Waals surface area (Å²) in [6.45, 7) is 0. The lowest BCUT2D eigenvalue weighted by Gasteiger charge is -2.33. The molecule has 1 amide bonds. The maximum atomic E-state index is 12.9. The first kappa shape index (κ1) is 10.9. The van der Waals surface area contributed by atoms with Crippen molar-refractivity contribution in [3.63, 3.8) is 0 Å². The van der Waals surface area contributed by atoms with E-state index in [1.54, 1.807) is 0 Å². The Morgan fingerprint density at radius 3 is 2.69 bits per heavy atom. The van der Waals surface area contributed by atoms with Gasteiger partial charge in [0.25, 0.3) is 5.91 Å². The fraction of sp³-hybridized carbons (Fsp3) is 0.364. The van der Waals surface area contributed by atoms with Crippen molar-refractivity contribution in [3.05, 3.63) is 29.6 Å². The summed E-state index contributed by atoms with van der Waals surface area (Å²) < 4.78 is 18.4. The van der Waals surface area contributed by atoms with E-state index in [0.717, 1.165) is 18.9 Å². The molecule has 1 fully saturated rings. The van der Waals surface area contributed by atoms with Gasteiger partial charge in [-0.3, -0.25) is 4.79 Å². The molecule has 0 spiro atoms. The highest BCUT2D eigenvalue weighted by molar-refractivity contribution is 5.95. The zero-order valence-corrected chi connectivity index (χ0v) is 8.65. The van der Waals surface area contributed by atoms with Gasteiger partial charge in [-0.25, -0.2) is 4.39 Å². The first-order chi connectivity index (χ1) is 7.56. The second-order valence-corrected chi connectivity index (χ2v) is 3.98. The molecule has 0 heterocycles. The van der Waals surface area contributed by atoms with Gasteiger partial charge in [0.05, 0.1) is 5.56 Å². The lowest BCUT2D eigenvalue weighted by Crippen LogP contribution is -2.43. The van der Waals surface area contributed by atoms with E-state index in [2.05, 4.69) is 0 Å². The summed E-state index contributed by atoms with van der Waals surface area (Å²) in [7, 11) is 0. The molecular weight excluding hydrogens is 211 g/mol. The molecule has 0 saturated heterocycles. The summed E-state index contributed by atoms with van der Waals surface area (Å²) in [5, 5.41) is 0. The van der Waals surface area contributed by atoms with E-state index < -0.39 is 11.7 Å². The number of rotatable bonds is 3. The van der Waals surface area contributed by atoms with Crippen LogP contribution in [0, 0.1) is 5.82 Å². The Kier molecular flexibility index (Phi) is 2.78. The number of ether oxygens (including phenoxy) is 1. The maximum Gasteiger partial charge on any atom is 0.252 e. The highest BCUT2D eigenvalue weighted by atomic mass is 19.1. The number of carbonyl (C=O) groups excluding carboxylic acids is 1. The predicted octanol–water partition coefficient (Wildman–Crippen LogP) is 0.793. The van der Waals surface area contributed by atoms with Crippen molar-refractivity contribution < 1.29 is 13.9 Å². The Balaban J connectivity index is 2.16. The fourth-order valence-corrected chi connectivity index (χ4v) is 1.68. The molecule has 1 aliphatic carbocycles. The lowest BCUT2D eigenvalue weighted by atomic mass is 9.90. The summed E-state index contributed by atoms with van der Waals surface area (Å²) in [5.41, 5.74) is 10.8. The van der Waals surface area contributed by atoms with Crippen molar-refractivity contribution in [1.29, 1.82) is 0 Å². The molecule has 86 valence electrons. The molecule has 0 unspecified atom stereocenters. The SMILES string of the molecule is NC(=O)c1cc(F)ccc1OC1CC(N)C1. The first-order valence-corrected chi connectivity index (χ1v) is 5.08. The third-order valence-electron chi connectivity index (χ3n) is 2.63. The molecule has 0 atom stereocenters. The minimum absolute atomic E-state index is 0.00133. The molecule has 0 radical (unpaired) electrons. The smallest absolute Gasteiger partial charge is 0.252 e.